The quantitative estimate of drug-likeness (QED) is 0.601. The molecule has 0 aromatic rings. The van der Waals surface area contributed by atoms with E-state index in [9.17, 15) is 18.0 Å². The van der Waals surface area contributed by atoms with Crippen LogP contribution in [0.1, 0.15) is 6.42 Å². The van der Waals surface area contributed by atoms with Crippen LogP contribution in [0.3, 0.4) is 0 Å². The number of carbonyl (C=O) groups is 1. The number of aliphatic hydroxyl groups excluding tert-OH is 1. The summed E-state index contributed by atoms with van der Waals surface area (Å²) >= 11 is 0. The van der Waals surface area contributed by atoms with Crippen molar-refractivity contribution in [3.8, 4) is 0 Å². The van der Waals surface area contributed by atoms with Gasteiger partial charge in [-0.1, -0.05) is 0 Å². The zero-order valence-electron chi connectivity index (χ0n) is 8.38. The number of hydrogen-bond acceptors (Lipinski definition) is 4. The average molecular weight is 242 g/mol. The minimum Gasteiger partial charge on any atom is -0.382 e. The molecule has 1 amide bonds. The van der Waals surface area contributed by atoms with Gasteiger partial charge in [0.25, 0.3) is 0 Å². The molecule has 94 valence electrons. The van der Waals surface area contributed by atoms with Gasteiger partial charge in [-0.05, 0) is 6.42 Å². The number of halogens is 3. The number of carbonyl (C=O) groups excluding carboxylic acids is 1. The van der Waals surface area contributed by atoms with Gasteiger partial charge in [0, 0.05) is 6.61 Å². The molecule has 0 spiro atoms. The Kier molecular flexibility index (Phi) is 3.76. The first-order valence-electron chi connectivity index (χ1n) is 4.65. The number of nitrogens with one attached hydrogen (secondary N) is 1. The molecule has 1 fully saturated rings. The molecule has 0 aromatic heterocycles. The summed E-state index contributed by atoms with van der Waals surface area (Å²) in [6.07, 6.45) is -7.08. The summed E-state index contributed by atoms with van der Waals surface area (Å²) in [5.41, 5.74) is 4.31. The lowest BCUT2D eigenvalue weighted by Crippen LogP contribution is -2.56. The van der Waals surface area contributed by atoms with Crippen LogP contribution in [0.2, 0.25) is 0 Å². The van der Waals surface area contributed by atoms with E-state index in [-0.39, 0.29) is 13.0 Å². The highest BCUT2D eigenvalue weighted by atomic mass is 19.4. The maximum atomic E-state index is 11.9. The predicted molar refractivity (Wildman–Crippen MR) is 47.4 cm³/mol. The molecule has 8 heteroatoms. The van der Waals surface area contributed by atoms with Crippen LogP contribution < -0.4 is 11.1 Å². The normalized spacial score (nSPS) is 27.8. The fourth-order valence-electron chi connectivity index (χ4n) is 1.24. The van der Waals surface area contributed by atoms with Crippen LogP contribution in [0.15, 0.2) is 0 Å². The van der Waals surface area contributed by atoms with Crippen LogP contribution >= 0.6 is 0 Å². The van der Waals surface area contributed by atoms with Gasteiger partial charge in [-0.2, -0.15) is 13.2 Å². The fourth-order valence-corrected chi connectivity index (χ4v) is 1.24. The molecule has 1 saturated heterocycles. The van der Waals surface area contributed by atoms with Gasteiger partial charge in [-0.15, -0.1) is 0 Å². The molecule has 1 aliphatic rings. The van der Waals surface area contributed by atoms with Crippen molar-refractivity contribution in [2.24, 2.45) is 5.73 Å². The van der Waals surface area contributed by atoms with Gasteiger partial charge in [-0.3, -0.25) is 4.79 Å². The topological polar surface area (TPSA) is 84.6 Å². The maximum Gasteiger partial charge on any atom is 0.416 e. The van der Waals surface area contributed by atoms with E-state index in [4.69, 9.17) is 15.6 Å². The van der Waals surface area contributed by atoms with Gasteiger partial charge < -0.3 is 20.9 Å². The van der Waals surface area contributed by atoms with Gasteiger partial charge in [0.1, 0.15) is 5.54 Å². The van der Waals surface area contributed by atoms with E-state index in [1.165, 1.54) is 0 Å². The van der Waals surface area contributed by atoms with Gasteiger partial charge in [-0.25, -0.2) is 0 Å². The summed E-state index contributed by atoms with van der Waals surface area (Å²) in [6, 6.07) is 0. The van der Waals surface area contributed by atoms with Gasteiger partial charge >= 0.3 is 6.18 Å². The molecule has 2 atom stereocenters. The molecule has 0 aliphatic carbocycles. The number of aliphatic hydroxyl groups is 1. The van der Waals surface area contributed by atoms with E-state index in [1.807, 2.05) is 5.32 Å². The van der Waals surface area contributed by atoms with Crippen LogP contribution in [0.25, 0.3) is 0 Å². The smallest absolute Gasteiger partial charge is 0.382 e. The molecule has 16 heavy (non-hydrogen) atoms. The van der Waals surface area contributed by atoms with Gasteiger partial charge in [0.15, 0.2) is 6.10 Å². The molecule has 1 heterocycles. The second-order valence-corrected chi connectivity index (χ2v) is 3.73. The molecule has 0 saturated carbocycles. The molecular weight excluding hydrogens is 229 g/mol. The Morgan fingerprint density at radius 3 is 2.69 bits per heavy atom. The fraction of sp³-hybridized carbons (Fsp3) is 0.875. The minimum atomic E-state index is -4.75. The van der Waals surface area contributed by atoms with Crippen molar-refractivity contribution < 1.29 is 27.8 Å². The van der Waals surface area contributed by atoms with Gasteiger partial charge in [0.2, 0.25) is 5.91 Å². The van der Waals surface area contributed by atoms with Crippen LogP contribution in [0.4, 0.5) is 13.2 Å². The Morgan fingerprint density at radius 2 is 2.25 bits per heavy atom. The van der Waals surface area contributed by atoms with E-state index >= 15 is 0 Å². The molecule has 0 bridgehead atoms. The number of nitrogens with two attached hydrogens (primary N) is 1. The van der Waals surface area contributed by atoms with Crippen LogP contribution in [0, 0.1) is 0 Å². The number of rotatable bonds is 3. The second kappa shape index (κ2) is 4.56. The number of alkyl halides is 3. The maximum absolute atomic E-state index is 11.9. The van der Waals surface area contributed by atoms with E-state index in [0.717, 1.165) is 0 Å². The summed E-state index contributed by atoms with van der Waals surface area (Å²) in [4.78, 5) is 11.4. The molecule has 2 unspecified atom stereocenters. The first-order valence-corrected chi connectivity index (χ1v) is 4.65. The van der Waals surface area contributed by atoms with E-state index < -0.39 is 30.3 Å². The first-order chi connectivity index (χ1) is 7.26. The first kappa shape index (κ1) is 13.2. The Labute approximate surface area is 89.7 Å². The van der Waals surface area contributed by atoms with Crippen molar-refractivity contribution in [2.45, 2.75) is 24.2 Å². The summed E-state index contributed by atoms with van der Waals surface area (Å²) in [5, 5.41) is 10.6. The molecular formula is C8H13F3N2O3. The van der Waals surface area contributed by atoms with E-state index in [0.29, 0.717) is 6.61 Å². The highest BCUT2D eigenvalue weighted by molar-refractivity contribution is 5.86. The van der Waals surface area contributed by atoms with Crippen molar-refractivity contribution in [2.75, 3.05) is 19.8 Å². The third kappa shape index (κ3) is 3.06. The summed E-state index contributed by atoms with van der Waals surface area (Å²) in [6.45, 7) is -0.631. The van der Waals surface area contributed by atoms with Crippen molar-refractivity contribution in [1.29, 1.82) is 0 Å². The van der Waals surface area contributed by atoms with Gasteiger partial charge in [0.05, 0.1) is 13.2 Å². The molecule has 1 aliphatic heterocycles. The Bertz CT molecular complexity index is 264. The highest BCUT2D eigenvalue weighted by Gasteiger charge is 2.41. The van der Waals surface area contributed by atoms with Crippen LogP contribution in [-0.4, -0.2) is 48.6 Å². The molecule has 0 radical (unpaired) electrons. The van der Waals surface area contributed by atoms with Crippen molar-refractivity contribution in [1.82, 2.24) is 5.32 Å². The molecule has 0 aromatic carbocycles. The van der Waals surface area contributed by atoms with E-state index in [2.05, 4.69) is 0 Å². The standard InChI is InChI=1S/C8H13F3N2O3/c9-8(10,11)5(14)3-13-6(15)7(12)1-2-16-4-7/h5,14H,1-4,12H2,(H,13,15). The molecule has 4 N–H and O–H groups in total. The van der Waals surface area contributed by atoms with Crippen LogP contribution in [-0.2, 0) is 9.53 Å². The second-order valence-electron chi connectivity index (χ2n) is 3.73. The number of ether oxygens (including phenoxy) is 1. The van der Waals surface area contributed by atoms with Crippen molar-refractivity contribution >= 4 is 5.91 Å². The molecule has 1 rings (SSSR count). The highest BCUT2D eigenvalue weighted by Crippen LogP contribution is 2.20. The largest absolute Gasteiger partial charge is 0.416 e. The minimum absolute atomic E-state index is 0.0268. The monoisotopic (exact) mass is 242 g/mol. The lowest BCUT2D eigenvalue weighted by atomic mass is 9.99. The summed E-state index contributed by atoms with van der Waals surface area (Å²) < 4.78 is 40.6. The predicted octanol–water partition coefficient (Wildman–Crippen LogP) is -0.856. The van der Waals surface area contributed by atoms with E-state index in [1.54, 1.807) is 0 Å². The lowest BCUT2D eigenvalue weighted by molar-refractivity contribution is -0.202. The summed E-state index contributed by atoms with van der Waals surface area (Å²) in [7, 11) is 0. The number of hydrogen-bond donors (Lipinski definition) is 3. The Hall–Kier alpha value is -0.860. The third-order valence-corrected chi connectivity index (χ3v) is 2.34. The Balaban J connectivity index is 2.41. The SMILES string of the molecule is NC1(C(=O)NCC(O)C(F)(F)F)CCOC1. The average Bonchev–Trinajstić information content (AvgIpc) is 2.60. The molecule has 5 nitrogen and oxygen atoms in total. The number of amides is 1. The van der Waals surface area contributed by atoms with Crippen molar-refractivity contribution in [3.05, 3.63) is 0 Å². The third-order valence-electron chi connectivity index (χ3n) is 2.34. The zero-order valence-corrected chi connectivity index (χ0v) is 8.38. The Morgan fingerprint density at radius 1 is 1.62 bits per heavy atom. The van der Waals surface area contributed by atoms with Crippen molar-refractivity contribution in [3.63, 3.8) is 0 Å². The summed E-state index contributed by atoms with van der Waals surface area (Å²) in [5.74, 6) is -0.742. The lowest BCUT2D eigenvalue weighted by Gasteiger charge is -2.22. The van der Waals surface area contributed by atoms with Crippen LogP contribution in [0.5, 0.6) is 0 Å². The zero-order chi connectivity index (χ0) is 12.4.